The van der Waals surface area contributed by atoms with Crippen molar-refractivity contribution < 1.29 is 9.21 Å². The fourth-order valence-electron chi connectivity index (χ4n) is 2.40. The second-order valence-corrected chi connectivity index (χ2v) is 4.73. The van der Waals surface area contributed by atoms with Gasteiger partial charge in [0.25, 0.3) is 0 Å². The average molecular weight is 237 g/mol. The number of amides is 1. The summed E-state index contributed by atoms with van der Waals surface area (Å²) in [5, 5.41) is 0. The summed E-state index contributed by atoms with van der Waals surface area (Å²) in [4.78, 5) is 13.8. The SMILES string of the molecule is CC1CCCN(Cc2ccoc2C(=O)NN)C1. The van der Waals surface area contributed by atoms with Crippen molar-refractivity contribution >= 4 is 5.91 Å². The molecule has 1 fully saturated rings. The van der Waals surface area contributed by atoms with Gasteiger partial charge in [0.15, 0.2) is 5.76 Å². The molecule has 5 heteroatoms. The molecule has 1 aromatic heterocycles. The fraction of sp³-hybridized carbons (Fsp3) is 0.583. The number of piperidine rings is 1. The van der Waals surface area contributed by atoms with Crippen molar-refractivity contribution in [2.75, 3.05) is 13.1 Å². The smallest absolute Gasteiger partial charge is 0.301 e. The molecule has 0 aromatic carbocycles. The van der Waals surface area contributed by atoms with E-state index in [1.54, 1.807) is 0 Å². The van der Waals surface area contributed by atoms with Crippen LogP contribution in [0.5, 0.6) is 0 Å². The number of likely N-dealkylation sites (tertiary alicyclic amines) is 1. The predicted molar refractivity (Wildman–Crippen MR) is 64.0 cm³/mol. The van der Waals surface area contributed by atoms with Gasteiger partial charge < -0.3 is 4.42 Å². The van der Waals surface area contributed by atoms with E-state index in [0.29, 0.717) is 5.76 Å². The number of hydrazine groups is 1. The van der Waals surface area contributed by atoms with E-state index in [1.807, 2.05) is 6.07 Å². The van der Waals surface area contributed by atoms with Gasteiger partial charge in [-0.2, -0.15) is 0 Å². The molecule has 1 amide bonds. The average Bonchev–Trinajstić information content (AvgIpc) is 2.76. The highest BCUT2D eigenvalue weighted by atomic mass is 16.3. The summed E-state index contributed by atoms with van der Waals surface area (Å²) >= 11 is 0. The Kier molecular flexibility index (Phi) is 3.81. The maximum absolute atomic E-state index is 11.5. The molecule has 0 radical (unpaired) electrons. The normalized spacial score (nSPS) is 21.4. The molecule has 1 saturated heterocycles. The third kappa shape index (κ3) is 2.87. The van der Waals surface area contributed by atoms with Gasteiger partial charge in [-0.15, -0.1) is 0 Å². The van der Waals surface area contributed by atoms with E-state index in [9.17, 15) is 4.79 Å². The van der Waals surface area contributed by atoms with E-state index in [-0.39, 0.29) is 5.91 Å². The summed E-state index contributed by atoms with van der Waals surface area (Å²) in [6, 6.07) is 1.84. The quantitative estimate of drug-likeness (QED) is 0.469. The molecule has 1 aromatic rings. The Bertz CT molecular complexity index is 389. The number of furan rings is 1. The van der Waals surface area contributed by atoms with Crippen LogP contribution in [0.25, 0.3) is 0 Å². The lowest BCUT2D eigenvalue weighted by atomic mass is 10.00. The van der Waals surface area contributed by atoms with Crippen LogP contribution in [-0.2, 0) is 6.54 Å². The summed E-state index contributed by atoms with van der Waals surface area (Å²) in [5.74, 6) is 5.80. The molecule has 2 heterocycles. The number of nitrogen functional groups attached to an aromatic ring is 1. The standard InChI is InChI=1S/C12H19N3O2/c1-9-3-2-5-15(7-9)8-10-4-6-17-11(10)12(16)14-13/h4,6,9H,2-3,5,7-8,13H2,1H3,(H,14,16). The molecular weight excluding hydrogens is 218 g/mol. The van der Waals surface area contributed by atoms with Crippen LogP contribution in [0.4, 0.5) is 0 Å². The zero-order valence-electron chi connectivity index (χ0n) is 10.1. The minimum atomic E-state index is -0.366. The van der Waals surface area contributed by atoms with Crippen molar-refractivity contribution in [1.82, 2.24) is 10.3 Å². The van der Waals surface area contributed by atoms with Crippen LogP contribution in [0.3, 0.4) is 0 Å². The first-order valence-electron chi connectivity index (χ1n) is 6.00. The number of hydrogen-bond acceptors (Lipinski definition) is 4. The number of carbonyl (C=O) groups is 1. The molecule has 17 heavy (non-hydrogen) atoms. The zero-order chi connectivity index (χ0) is 12.3. The zero-order valence-corrected chi connectivity index (χ0v) is 10.1. The predicted octanol–water partition coefficient (Wildman–Crippen LogP) is 1.12. The molecule has 0 spiro atoms. The first kappa shape index (κ1) is 12.1. The van der Waals surface area contributed by atoms with Crippen LogP contribution in [-0.4, -0.2) is 23.9 Å². The van der Waals surface area contributed by atoms with Gasteiger partial charge in [-0.3, -0.25) is 15.1 Å². The Balaban J connectivity index is 2.03. The van der Waals surface area contributed by atoms with Crippen molar-refractivity contribution in [3.63, 3.8) is 0 Å². The van der Waals surface area contributed by atoms with Crippen molar-refractivity contribution in [1.29, 1.82) is 0 Å². The molecular formula is C12H19N3O2. The van der Waals surface area contributed by atoms with Gasteiger partial charge in [-0.05, 0) is 31.4 Å². The molecule has 5 nitrogen and oxygen atoms in total. The van der Waals surface area contributed by atoms with E-state index in [4.69, 9.17) is 10.3 Å². The molecule has 1 aliphatic heterocycles. The Morgan fingerprint density at radius 1 is 1.71 bits per heavy atom. The highest BCUT2D eigenvalue weighted by Gasteiger charge is 2.20. The monoisotopic (exact) mass is 237 g/mol. The number of nitrogens with two attached hydrogens (primary N) is 1. The van der Waals surface area contributed by atoms with Crippen LogP contribution < -0.4 is 11.3 Å². The number of nitrogens with one attached hydrogen (secondary N) is 1. The Morgan fingerprint density at radius 3 is 3.24 bits per heavy atom. The van der Waals surface area contributed by atoms with E-state index in [1.165, 1.54) is 19.1 Å². The molecule has 0 aliphatic carbocycles. The highest BCUT2D eigenvalue weighted by molar-refractivity contribution is 5.92. The van der Waals surface area contributed by atoms with Crippen molar-refractivity contribution in [2.24, 2.45) is 11.8 Å². The van der Waals surface area contributed by atoms with E-state index < -0.39 is 0 Å². The number of hydrogen-bond donors (Lipinski definition) is 2. The molecule has 1 atom stereocenters. The topological polar surface area (TPSA) is 71.5 Å². The summed E-state index contributed by atoms with van der Waals surface area (Å²) in [7, 11) is 0. The van der Waals surface area contributed by atoms with Crippen LogP contribution in [0.15, 0.2) is 16.7 Å². The van der Waals surface area contributed by atoms with Crippen LogP contribution in [0, 0.1) is 5.92 Å². The van der Waals surface area contributed by atoms with Crippen LogP contribution in [0.2, 0.25) is 0 Å². The minimum absolute atomic E-state index is 0.325. The van der Waals surface area contributed by atoms with E-state index in [0.717, 1.165) is 31.1 Å². The maximum Gasteiger partial charge on any atom is 0.301 e. The van der Waals surface area contributed by atoms with Crippen molar-refractivity contribution in [2.45, 2.75) is 26.3 Å². The maximum atomic E-state index is 11.5. The summed E-state index contributed by atoms with van der Waals surface area (Å²) in [6.45, 7) is 5.17. The molecule has 94 valence electrons. The Labute approximate surface area is 101 Å². The minimum Gasteiger partial charge on any atom is -0.459 e. The summed E-state index contributed by atoms with van der Waals surface area (Å²) < 4.78 is 5.17. The molecule has 1 aliphatic rings. The molecule has 2 rings (SSSR count). The molecule has 1 unspecified atom stereocenters. The van der Waals surface area contributed by atoms with Gasteiger partial charge in [0.05, 0.1) is 6.26 Å². The number of rotatable bonds is 3. The lowest BCUT2D eigenvalue weighted by molar-refractivity contribution is 0.0921. The second-order valence-electron chi connectivity index (χ2n) is 4.73. The van der Waals surface area contributed by atoms with Gasteiger partial charge in [0, 0.05) is 18.7 Å². The van der Waals surface area contributed by atoms with Crippen LogP contribution >= 0.6 is 0 Å². The fourth-order valence-corrected chi connectivity index (χ4v) is 2.40. The van der Waals surface area contributed by atoms with Gasteiger partial charge in [-0.25, -0.2) is 5.84 Å². The lowest BCUT2D eigenvalue weighted by Crippen LogP contribution is -2.35. The first-order chi connectivity index (χ1) is 8.20. The molecule has 0 saturated carbocycles. The Morgan fingerprint density at radius 2 is 2.53 bits per heavy atom. The molecule has 3 N–H and O–H groups in total. The van der Waals surface area contributed by atoms with E-state index >= 15 is 0 Å². The largest absolute Gasteiger partial charge is 0.459 e. The van der Waals surface area contributed by atoms with Crippen LogP contribution in [0.1, 0.15) is 35.9 Å². The second kappa shape index (κ2) is 5.33. The van der Waals surface area contributed by atoms with E-state index in [2.05, 4.69) is 17.2 Å². The van der Waals surface area contributed by atoms with Gasteiger partial charge >= 0.3 is 5.91 Å². The first-order valence-corrected chi connectivity index (χ1v) is 6.00. The van der Waals surface area contributed by atoms with Crippen molar-refractivity contribution in [3.8, 4) is 0 Å². The lowest BCUT2D eigenvalue weighted by Gasteiger charge is -2.30. The summed E-state index contributed by atoms with van der Waals surface area (Å²) in [6.07, 6.45) is 4.04. The number of carbonyl (C=O) groups excluding carboxylic acids is 1. The highest BCUT2D eigenvalue weighted by Crippen LogP contribution is 2.19. The summed E-state index contributed by atoms with van der Waals surface area (Å²) in [5.41, 5.74) is 3.01. The van der Waals surface area contributed by atoms with Gasteiger partial charge in [0.2, 0.25) is 0 Å². The third-order valence-corrected chi connectivity index (χ3v) is 3.22. The van der Waals surface area contributed by atoms with Gasteiger partial charge in [0.1, 0.15) is 0 Å². The van der Waals surface area contributed by atoms with Crippen molar-refractivity contribution in [3.05, 3.63) is 23.7 Å². The Hall–Kier alpha value is -1.33. The third-order valence-electron chi connectivity index (χ3n) is 3.22. The molecule has 0 bridgehead atoms. The van der Waals surface area contributed by atoms with Gasteiger partial charge in [-0.1, -0.05) is 6.92 Å². The number of nitrogens with zero attached hydrogens (tertiary/aromatic N) is 1.